The summed E-state index contributed by atoms with van der Waals surface area (Å²) >= 11 is 0. The summed E-state index contributed by atoms with van der Waals surface area (Å²) in [4.78, 5) is 31.0. The fourth-order valence-corrected chi connectivity index (χ4v) is 1.88. The molecule has 20 heavy (non-hydrogen) atoms. The molecule has 0 saturated carbocycles. The molecule has 1 N–H and O–H groups in total. The Labute approximate surface area is 114 Å². The van der Waals surface area contributed by atoms with Crippen molar-refractivity contribution < 1.29 is 14.3 Å². The van der Waals surface area contributed by atoms with Crippen LogP contribution in [0.4, 0.5) is 5.82 Å². The second-order valence-corrected chi connectivity index (χ2v) is 4.35. The van der Waals surface area contributed by atoms with Crippen molar-refractivity contribution in [1.82, 2.24) is 9.97 Å². The zero-order valence-electron chi connectivity index (χ0n) is 10.5. The first-order valence-corrected chi connectivity index (χ1v) is 6.09. The van der Waals surface area contributed by atoms with Crippen LogP contribution >= 0.6 is 0 Å². The molecule has 0 unspecified atom stereocenters. The molecular weight excluding hydrogens is 258 g/mol. The Kier molecular flexibility index (Phi) is 3.12. The molecule has 1 aromatic carbocycles. The van der Waals surface area contributed by atoms with E-state index in [1.165, 1.54) is 6.20 Å². The Balaban J connectivity index is 1.69. The molecule has 3 rings (SSSR count). The summed E-state index contributed by atoms with van der Waals surface area (Å²) in [6.45, 7) is 0.159. The maximum absolute atomic E-state index is 11.8. The van der Waals surface area contributed by atoms with E-state index in [0.717, 1.165) is 5.56 Å². The Morgan fingerprint density at radius 3 is 2.90 bits per heavy atom. The predicted molar refractivity (Wildman–Crippen MR) is 69.9 cm³/mol. The highest BCUT2D eigenvalue weighted by molar-refractivity contribution is 5.98. The van der Waals surface area contributed by atoms with Gasteiger partial charge in [-0.15, -0.1) is 0 Å². The standard InChI is InChI=1S/C14H11N3O3/c18-11-6-10-7-15-13(17-12(10)16-11)14(19)20-8-9-4-2-1-3-5-9/h1-5,7H,6,8H2,(H,15,16,17,18). The summed E-state index contributed by atoms with van der Waals surface area (Å²) in [5.74, 6) is -0.430. The van der Waals surface area contributed by atoms with Gasteiger partial charge < -0.3 is 10.1 Å². The van der Waals surface area contributed by atoms with Crippen molar-refractivity contribution in [2.24, 2.45) is 0 Å². The van der Waals surface area contributed by atoms with E-state index in [0.29, 0.717) is 11.4 Å². The number of rotatable bonds is 3. The van der Waals surface area contributed by atoms with Crippen LogP contribution in [-0.4, -0.2) is 21.8 Å². The number of aromatic nitrogens is 2. The third-order valence-corrected chi connectivity index (χ3v) is 2.87. The SMILES string of the molecule is O=C1Cc2cnc(C(=O)OCc3ccccc3)nc2N1. The summed E-state index contributed by atoms with van der Waals surface area (Å²) in [5, 5.41) is 2.57. The van der Waals surface area contributed by atoms with Crippen molar-refractivity contribution in [2.75, 3.05) is 5.32 Å². The van der Waals surface area contributed by atoms with Crippen molar-refractivity contribution in [3.05, 3.63) is 53.5 Å². The van der Waals surface area contributed by atoms with Crippen LogP contribution in [0.3, 0.4) is 0 Å². The van der Waals surface area contributed by atoms with Gasteiger partial charge in [0, 0.05) is 11.8 Å². The molecule has 6 heteroatoms. The highest BCUT2D eigenvalue weighted by Crippen LogP contribution is 2.19. The molecule has 0 radical (unpaired) electrons. The average Bonchev–Trinajstić information content (AvgIpc) is 2.85. The van der Waals surface area contributed by atoms with Gasteiger partial charge >= 0.3 is 5.97 Å². The summed E-state index contributed by atoms with van der Waals surface area (Å²) < 4.78 is 5.12. The van der Waals surface area contributed by atoms with Gasteiger partial charge in [-0.05, 0) is 5.56 Å². The molecular formula is C14H11N3O3. The average molecular weight is 269 g/mol. The van der Waals surface area contributed by atoms with Crippen LogP contribution in [0.5, 0.6) is 0 Å². The molecule has 6 nitrogen and oxygen atoms in total. The summed E-state index contributed by atoms with van der Waals surface area (Å²) in [7, 11) is 0. The molecule has 2 heterocycles. The first-order chi connectivity index (χ1) is 9.72. The molecule has 100 valence electrons. The van der Waals surface area contributed by atoms with E-state index in [2.05, 4.69) is 15.3 Å². The molecule has 0 bridgehead atoms. The number of hydrogen-bond donors (Lipinski definition) is 1. The van der Waals surface area contributed by atoms with E-state index in [-0.39, 0.29) is 24.8 Å². The molecule has 0 aliphatic carbocycles. The van der Waals surface area contributed by atoms with Gasteiger partial charge in [0.05, 0.1) is 6.42 Å². The minimum absolute atomic E-state index is 0.0538. The third kappa shape index (κ3) is 2.49. The lowest BCUT2D eigenvalue weighted by molar-refractivity contribution is -0.115. The Hall–Kier alpha value is -2.76. The van der Waals surface area contributed by atoms with Gasteiger partial charge in [-0.1, -0.05) is 30.3 Å². The van der Waals surface area contributed by atoms with Crippen LogP contribution in [-0.2, 0) is 22.6 Å². The third-order valence-electron chi connectivity index (χ3n) is 2.87. The Morgan fingerprint density at radius 1 is 1.30 bits per heavy atom. The maximum atomic E-state index is 11.8. The number of nitrogens with zero attached hydrogens (tertiary/aromatic N) is 2. The van der Waals surface area contributed by atoms with Gasteiger partial charge in [-0.3, -0.25) is 4.79 Å². The maximum Gasteiger partial charge on any atom is 0.376 e. The highest BCUT2D eigenvalue weighted by Gasteiger charge is 2.22. The normalized spacial score (nSPS) is 12.7. The van der Waals surface area contributed by atoms with E-state index >= 15 is 0 Å². The van der Waals surface area contributed by atoms with Gasteiger partial charge in [-0.25, -0.2) is 14.8 Å². The number of amides is 1. The summed E-state index contributed by atoms with van der Waals surface area (Å²) in [6.07, 6.45) is 1.72. The lowest BCUT2D eigenvalue weighted by Crippen LogP contribution is -2.11. The van der Waals surface area contributed by atoms with Crippen LogP contribution in [0.15, 0.2) is 36.5 Å². The van der Waals surface area contributed by atoms with Gasteiger partial charge in [0.1, 0.15) is 12.4 Å². The number of benzene rings is 1. The zero-order valence-corrected chi connectivity index (χ0v) is 10.5. The number of nitrogens with one attached hydrogen (secondary N) is 1. The van der Waals surface area contributed by atoms with E-state index < -0.39 is 5.97 Å². The summed E-state index contributed by atoms with van der Waals surface area (Å²) in [6, 6.07) is 9.33. The van der Waals surface area contributed by atoms with E-state index in [9.17, 15) is 9.59 Å². The van der Waals surface area contributed by atoms with Gasteiger partial charge in [0.2, 0.25) is 11.7 Å². The topological polar surface area (TPSA) is 81.2 Å². The number of carbonyl (C=O) groups excluding carboxylic acids is 2. The molecule has 0 atom stereocenters. The Bertz CT molecular complexity index is 671. The van der Waals surface area contributed by atoms with Crippen molar-refractivity contribution in [2.45, 2.75) is 13.0 Å². The number of esters is 1. The van der Waals surface area contributed by atoms with Gasteiger partial charge in [0.15, 0.2) is 0 Å². The molecule has 0 fully saturated rings. The molecule has 1 aromatic heterocycles. The molecule has 1 aliphatic heterocycles. The fraction of sp³-hybridized carbons (Fsp3) is 0.143. The monoisotopic (exact) mass is 269 g/mol. The fourth-order valence-electron chi connectivity index (χ4n) is 1.88. The van der Waals surface area contributed by atoms with Crippen LogP contribution in [0.1, 0.15) is 21.7 Å². The largest absolute Gasteiger partial charge is 0.455 e. The lowest BCUT2D eigenvalue weighted by atomic mass is 10.2. The number of fused-ring (bicyclic) bond motifs is 1. The highest BCUT2D eigenvalue weighted by atomic mass is 16.5. The molecule has 0 saturated heterocycles. The molecule has 2 aromatic rings. The van der Waals surface area contributed by atoms with Crippen molar-refractivity contribution in [3.63, 3.8) is 0 Å². The zero-order chi connectivity index (χ0) is 13.9. The lowest BCUT2D eigenvalue weighted by Gasteiger charge is -2.04. The number of ether oxygens (including phenoxy) is 1. The Morgan fingerprint density at radius 2 is 2.10 bits per heavy atom. The van der Waals surface area contributed by atoms with Crippen molar-refractivity contribution in [3.8, 4) is 0 Å². The minimum atomic E-state index is -0.613. The van der Waals surface area contributed by atoms with Crippen LogP contribution in [0.25, 0.3) is 0 Å². The van der Waals surface area contributed by atoms with Crippen molar-refractivity contribution >= 4 is 17.7 Å². The van der Waals surface area contributed by atoms with E-state index in [1.807, 2.05) is 30.3 Å². The predicted octanol–water partition coefficient (Wildman–Crippen LogP) is 1.33. The number of hydrogen-bond acceptors (Lipinski definition) is 5. The quantitative estimate of drug-likeness (QED) is 0.850. The smallest absolute Gasteiger partial charge is 0.376 e. The van der Waals surface area contributed by atoms with Gasteiger partial charge in [0.25, 0.3) is 0 Å². The number of anilines is 1. The molecule has 0 spiro atoms. The van der Waals surface area contributed by atoms with Gasteiger partial charge in [-0.2, -0.15) is 0 Å². The number of carbonyl (C=O) groups is 2. The van der Waals surface area contributed by atoms with Crippen LogP contribution in [0.2, 0.25) is 0 Å². The first-order valence-electron chi connectivity index (χ1n) is 6.09. The minimum Gasteiger partial charge on any atom is -0.455 e. The van der Waals surface area contributed by atoms with E-state index in [1.54, 1.807) is 0 Å². The second-order valence-electron chi connectivity index (χ2n) is 4.35. The van der Waals surface area contributed by atoms with Crippen LogP contribution < -0.4 is 5.32 Å². The summed E-state index contributed by atoms with van der Waals surface area (Å²) in [5.41, 5.74) is 1.57. The van der Waals surface area contributed by atoms with E-state index in [4.69, 9.17) is 4.74 Å². The van der Waals surface area contributed by atoms with Crippen LogP contribution in [0, 0.1) is 0 Å². The molecule has 1 aliphatic rings. The first kappa shape index (κ1) is 12.3. The molecule has 1 amide bonds. The van der Waals surface area contributed by atoms with Crippen molar-refractivity contribution in [1.29, 1.82) is 0 Å². The second kappa shape index (κ2) is 5.08.